The fourth-order valence-corrected chi connectivity index (χ4v) is 2.47. The number of fused-ring (bicyclic) bond motifs is 1. The Bertz CT molecular complexity index is 362. The second-order valence-corrected chi connectivity index (χ2v) is 4.37. The highest BCUT2D eigenvalue weighted by Crippen LogP contribution is 2.39. The smallest absolute Gasteiger partial charge is 0.0815 e. The van der Waals surface area contributed by atoms with Crippen LogP contribution in [0.15, 0.2) is 10.5 Å². The topological polar surface area (TPSA) is 46.2 Å². The molecule has 1 aromatic carbocycles. The van der Waals surface area contributed by atoms with E-state index < -0.39 is 0 Å². The summed E-state index contributed by atoms with van der Waals surface area (Å²) in [5, 5.41) is 9.68. The van der Waals surface area contributed by atoms with Gasteiger partial charge in [0.2, 0.25) is 0 Å². The van der Waals surface area contributed by atoms with Crippen molar-refractivity contribution in [2.75, 3.05) is 5.73 Å². The minimum atomic E-state index is -0.359. The molecule has 3 heteroatoms. The summed E-state index contributed by atoms with van der Waals surface area (Å²) in [4.78, 5) is 0. The van der Waals surface area contributed by atoms with Gasteiger partial charge in [0.25, 0.3) is 0 Å². The minimum absolute atomic E-state index is 0.359. The molecule has 0 aromatic heterocycles. The Morgan fingerprint density at radius 1 is 1.62 bits per heavy atom. The van der Waals surface area contributed by atoms with E-state index in [4.69, 9.17) is 5.73 Å². The fraction of sp³-hybridized carbons (Fsp3) is 0.400. The zero-order valence-electron chi connectivity index (χ0n) is 7.47. The summed E-state index contributed by atoms with van der Waals surface area (Å²) in [6.45, 7) is 2.06. The molecule has 0 saturated carbocycles. The van der Waals surface area contributed by atoms with Crippen LogP contribution in [0.3, 0.4) is 0 Å². The van der Waals surface area contributed by atoms with Crippen LogP contribution in [0, 0.1) is 6.92 Å². The number of nitrogens with two attached hydrogens (primary N) is 1. The van der Waals surface area contributed by atoms with Crippen molar-refractivity contribution in [2.24, 2.45) is 0 Å². The molecule has 0 saturated heterocycles. The van der Waals surface area contributed by atoms with Crippen molar-refractivity contribution in [2.45, 2.75) is 25.9 Å². The number of nitrogen functional groups attached to an aromatic ring is 1. The van der Waals surface area contributed by atoms with E-state index >= 15 is 0 Å². The third kappa shape index (κ3) is 1.27. The van der Waals surface area contributed by atoms with Gasteiger partial charge in [-0.05, 0) is 37.0 Å². The first-order chi connectivity index (χ1) is 6.11. The highest BCUT2D eigenvalue weighted by atomic mass is 79.9. The predicted molar refractivity (Wildman–Crippen MR) is 56.6 cm³/mol. The molecule has 0 amide bonds. The molecule has 1 aliphatic rings. The summed E-state index contributed by atoms with van der Waals surface area (Å²) in [6.07, 6.45) is 1.38. The van der Waals surface area contributed by atoms with Gasteiger partial charge < -0.3 is 10.8 Å². The Kier molecular flexibility index (Phi) is 2.08. The molecule has 2 rings (SSSR count). The summed E-state index contributed by atoms with van der Waals surface area (Å²) in [7, 11) is 0. The fourth-order valence-electron chi connectivity index (χ4n) is 1.98. The lowest BCUT2D eigenvalue weighted by atomic mass is 10.0. The van der Waals surface area contributed by atoms with Crippen LogP contribution in [0.5, 0.6) is 0 Å². The summed E-state index contributed by atoms with van der Waals surface area (Å²) < 4.78 is 1.04. The number of hydrogen-bond acceptors (Lipinski definition) is 2. The summed E-state index contributed by atoms with van der Waals surface area (Å²) >= 11 is 3.46. The highest BCUT2D eigenvalue weighted by molar-refractivity contribution is 9.10. The van der Waals surface area contributed by atoms with E-state index in [0.29, 0.717) is 5.69 Å². The van der Waals surface area contributed by atoms with Gasteiger partial charge in [-0.2, -0.15) is 0 Å². The molecule has 1 atom stereocenters. The minimum Gasteiger partial charge on any atom is -0.398 e. The first-order valence-electron chi connectivity index (χ1n) is 4.36. The average Bonchev–Trinajstić information content (AvgIpc) is 2.44. The molecule has 0 radical (unpaired) electrons. The SMILES string of the molecule is Cc1c(Br)cc(N)c2c1CCC2O. The van der Waals surface area contributed by atoms with Gasteiger partial charge in [0.1, 0.15) is 0 Å². The van der Waals surface area contributed by atoms with E-state index in [0.717, 1.165) is 22.9 Å². The second kappa shape index (κ2) is 3.00. The van der Waals surface area contributed by atoms with Crippen molar-refractivity contribution < 1.29 is 5.11 Å². The monoisotopic (exact) mass is 241 g/mol. The quantitative estimate of drug-likeness (QED) is 0.686. The van der Waals surface area contributed by atoms with E-state index in [1.54, 1.807) is 0 Å². The number of halogens is 1. The number of aliphatic hydroxyl groups is 1. The van der Waals surface area contributed by atoms with Crippen LogP contribution >= 0.6 is 15.9 Å². The Labute approximate surface area is 85.9 Å². The van der Waals surface area contributed by atoms with Gasteiger partial charge in [0, 0.05) is 15.7 Å². The van der Waals surface area contributed by atoms with Crippen molar-refractivity contribution in [1.29, 1.82) is 0 Å². The van der Waals surface area contributed by atoms with E-state index in [1.807, 2.05) is 6.07 Å². The predicted octanol–water partition coefficient (Wildman–Crippen LogP) is 2.32. The van der Waals surface area contributed by atoms with Crippen molar-refractivity contribution in [1.82, 2.24) is 0 Å². The Hall–Kier alpha value is -0.540. The third-order valence-electron chi connectivity index (χ3n) is 2.73. The molecule has 0 bridgehead atoms. The van der Waals surface area contributed by atoms with E-state index in [-0.39, 0.29) is 6.10 Å². The molecule has 2 nitrogen and oxygen atoms in total. The number of aliphatic hydroxyl groups excluding tert-OH is 1. The van der Waals surface area contributed by atoms with Crippen LogP contribution in [0.1, 0.15) is 29.2 Å². The van der Waals surface area contributed by atoms with E-state index in [9.17, 15) is 5.11 Å². The molecule has 1 aromatic rings. The molecule has 0 spiro atoms. The molecule has 0 fully saturated rings. The van der Waals surface area contributed by atoms with E-state index in [2.05, 4.69) is 22.9 Å². The summed E-state index contributed by atoms with van der Waals surface area (Å²) in [5.41, 5.74) is 9.92. The molecule has 1 aliphatic carbocycles. The van der Waals surface area contributed by atoms with Crippen molar-refractivity contribution in [3.05, 3.63) is 27.2 Å². The maximum Gasteiger partial charge on any atom is 0.0815 e. The molecular formula is C10H12BrNO. The normalized spacial score (nSPS) is 20.4. The van der Waals surface area contributed by atoms with Crippen LogP contribution in [0.25, 0.3) is 0 Å². The number of hydrogen-bond donors (Lipinski definition) is 2. The molecule has 70 valence electrons. The maximum absolute atomic E-state index is 9.68. The van der Waals surface area contributed by atoms with Gasteiger partial charge in [0.15, 0.2) is 0 Å². The number of anilines is 1. The Morgan fingerprint density at radius 2 is 2.31 bits per heavy atom. The number of rotatable bonds is 0. The average molecular weight is 242 g/mol. The van der Waals surface area contributed by atoms with Gasteiger partial charge in [-0.15, -0.1) is 0 Å². The van der Waals surface area contributed by atoms with Gasteiger partial charge in [-0.1, -0.05) is 15.9 Å². The lowest BCUT2D eigenvalue weighted by Crippen LogP contribution is -2.00. The molecule has 3 N–H and O–H groups in total. The molecule has 0 aliphatic heterocycles. The largest absolute Gasteiger partial charge is 0.398 e. The van der Waals surface area contributed by atoms with Crippen LogP contribution in [-0.4, -0.2) is 5.11 Å². The Morgan fingerprint density at radius 3 is 3.00 bits per heavy atom. The van der Waals surface area contributed by atoms with E-state index in [1.165, 1.54) is 11.1 Å². The van der Waals surface area contributed by atoms with Gasteiger partial charge >= 0.3 is 0 Å². The van der Waals surface area contributed by atoms with Crippen molar-refractivity contribution in [3.8, 4) is 0 Å². The van der Waals surface area contributed by atoms with Gasteiger partial charge in [0.05, 0.1) is 6.10 Å². The van der Waals surface area contributed by atoms with Crippen molar-refractivity contribution in [3.63, 3.8) is 0 Å². The van der Waals surface area contributed by atoms with Crippen LogP contribution in [0.2, 0.25) is 0 Å². The molecule has 1 unspecified atom stereocenters. The number of benzene rings is 1. The van der Waals surface area contributed by atoms with Crippen LogP contribution in [0.4, 0.5) is 5.69 Å². The summed E-state index contributed by atoms with van der Waals surface area (Å²) in [5.74, 6) is 0. The maximum atomic E-state index is 9.68. The molecular weight excluding hydrogens is 230 g/mol. The summed E-state index contributed by atoms with van der Waals surface area (Å²) in [6, 6.07) is 1.88. The first kappa shape index (κ1) is 9.03. The zero-order valence-corrected chi connectivity index (χ0v) is 9.06. The molecule has 0 heterocycles. The lowest BCUT2D eigenvalue weighted by molar-refractivity contribution is 0.180. The standard InChI is InChI=1S/C10H12BrNO/c1-5-6-2-3-9(13)10(6)8(12)4-7(5)11/h4,9,13H,2-3,12H2,1H3. The van der Waals surface area contributed by atoms with Gasteiger partial charge in [-0.25, -0.2) is 0 Å². The van der Waals surface area contributed by atoms with Crippen molar-refractivity contribution >= 4 is 21.6 Å². The third-order valence-corrected chi connectivity index (χ3v) is 3.55. The van der Waals surface area contributed by atoms with Crippen LogP contribution < -0.4 is 5.73 Å². The first-order valence-corrected chi connectivity index (χ1v) is 5.16. The van der Waals surface area contributed by atoms with Gasteiger partial charge in [-0.3, -0.25) is 0 Å². The zero-order chi connectivity index (χ0) is 9.59. The lowest BCUT2D eigenvalue weighted by Gasteiger charge is -2.11. The second-order valence-electron chi connectivity index (χ2n) is 3.52. The molecule has 13 heavy (non-hydrogen) atoms. The van der Waals surface area contributed by atoms with Crippen LogP contribution in [-0.2, 0) is 6.42 Å². The highest BCUT2D eigenvalue weighted by Gasteiger charge is 2.25. The Balaban J connectivity index is 2.69.